The first-order valence-corrected chi connectivity index (χ1v) is 8.58. The van der Waals surface area contributed by atoms with Crippen molar-refractivity contribution in [2.45, 2.75) is 0 Å². The van der Waals surface area contributed by atoms with E-state index in [1.807, 2.05) is 0 Å². The van der Waals surface area contributed by atoms with Gasteiger partial charge in [0.05, 0.1) is 21.3 Å². The first-order valence-electron chi connectivity index (χ1n) is 7.76. The number of rotatable bonds is 6. The molecule has 1 heterocycles. The summed E-state index contributed by atoms with van der Waals surface area (Å²) in [6.07, 6.45) is 0. The summed E-state index contributed by atoms with van der Waals surface area (Å²) in [7, 11) is 4.43. The van der Waals surface area contributed by atoms with E-state index in [0.29, 0.717) is 38.5 Å². The third-order valence-electron chi connectivity index (χ3n) is 3.66. The number of benzene rings is 2. The van der Waals surface area contributed by atoms with E-state index in [2.05, 4.69) is 15.5 Å². The lowest BCUT2D eigenvalue weighted by molar-refractivity contribution is 0.102. The molecule has 0 radical (unpaired) electrons. The molecule has 7 nitrogen and oxygen atoms in total. The summed E-state index contributed by atoms with van der Waals surface area (Å²) in [6, 6.07) is 8.95. The predicted octanol–water partition coefficient (Wildman–Crippen LogP) is 3.62. The van der Waals surface area contributed by atoms with Gasteiger partial charge in [0.1, 0.15) is 10.8 Å². The molecule has 1 amide bonds. The summed E-state index contributed by atoms with van der Waals surface area (Å²) >= 11 is 1.18. The lowest BCUT2D eigenvalue weighted by atomic mass is 10.1. The average molecular weight is 389 g/mol. The van der Waals surface area contributed by atoms with Gasteiger partial charge in [0.25, 0.3) is 5.91 Å². The minimum absolute atomic E-state index is 0.308. The largest absolute Gasteiger partial charge is 0.493 e. The Morgan fingerprint density at radius 3 is 2.19 bits per heavy atom. The van der Waals surface area contributed by atoms with Crippen LogP contribution in [0.2, 0.25) is 0 Å². The zero-order valence-electron chi connectivity index (χ0n) is 14.8. The van der Waals surface area contributed by atoms with Crippen molar-refractivity contribution in [3.05, 3.63) is 47.8 Å². The molecule has 0 aliphatic heterocycles. The fraction of sp³-hybridized carbons (Fsp3) is 0.167. The van der Waals surface area contributed by atoms with Gasteiger partial charge in [0.2, 0.25) is 10.9 Å². The van der Waals surface area contributed by atoms with Crippen molar-refractivity contribution < 1.29 is 23.4 Å². The average Bonchev–Trinajstić information content (AvgIpc) is 3.15. The SMILES string of the molecule is COc1cc(C(=O)Nc2nnc(-c3ccc(F)cc3)s2)cc(OC)c1OC. The van der Waals surface area contributed by atoms with E-state index in [1.165, 1.54) is 44.8 Å². The number of nitrogens with one attached hydrogen (secondary N) is 1. The molecule has 140 valence electrons. The Balaban J connectivity index is 1.82. The minimum atomic E-state index is -0.406. The summed E-state index contributed by atoms with van der Waals surface area (Å²) < 4.78 is 28.8. The molecular weight excluding hydrogens is 373 g/mol. The summed E-state index contributed by atoms with van der Waals surface area (Å²) in [5.41, 5.74) is 1.02. The first-order chi connectivity index (χ1) is 13.0. The van der Waals surface area contributed by atoms with Crippen LogP contribution < -0.4 is 19.5 Å². The van der Waals surface area contributed by atoms with Gasteiger partial charge in [-0.3, -0.25) is 10.1 Å². The maximum Gasteiger partial charge on any atom is 0.257 e. The third-order valence-corrected chi connectivity index (χ3v) is 4.55. The molecule has 0 aliphatic rings. The first kappa shape index (κ1) is 18.6. The van der Waals surface area contributed by atoms with Gasteiger partial charge in [-0.05, 0) is 36.4 Å². The van der Waals surface area contributed by atoms with Crippen LogP contribution in [0, 0.1) is 5.82 Å². The highest BCUT2D eigenvalue weighted by atomic mass is 32.1. The number of hydrogen-bond acceptors (Lipinski definition) is 7. The second-order valence-corrected chi connectivity index (χ2v) is 6.26. The third kappa shape index (κ3) is 3.98. The molecule has 0 unspecified atom stereocenters. The van der Waals surface area contributed by atoms with E-state index in [4.69, 9.17) is 14.2 Å². The van der Waals surface area contributed by atoms with Crippen LogP contribution in [0.5, 0.6) is 17.2 Å². The quantitative estimate of drug-likeness (QED) is 0.693. The van der Waals surface area contributed by atoms with Gasteiger partial charge in [-0.25, -0.2) is 4.39 Å². The fourth-order valence-corrected chi connectivity index (χ4v) is 3.11. The van der Waals surface area contributed by atoms with E-state index in [-0.39, 0.29) is 5.82 Å². The van der Waals surface area contributed by atoms with Gasteiger partial charge >= 0.3 is 0 Å². The molecule has 1 aromatic heterocycles. The van der Waals surface area contributed by atoms with Crippen molar-refractivity contribution in [3.8, 4) is 27.8 Å². The Morgan fingerprint density at radius 1 is 1.00 bits per heavy atom. The maximum atomic E-state index is 13.0. The minimum Gasteiger partial charge on any atom is -0.493 e. The second kappa shape index (κ2) is 8.00. The molecule has 9 heteroatoms. The van der Waals surface area contributed by atoms with E-state index in [1.54, 1.807) is 24.3 Å². The molecule has 0 spiro atoms. The van der Waals surface area contributed by atoms with Crippen LogP contribution in [0.25, 0.3) is 10.6 Å². The fourth-order valence-electron chi connectivity index (χ4n) is 2.36. The number of methoxy groups -OCH3 is 3. The normalized spacial score (nSPS) is 10.4. The van der Waals surface area contributed by atoms with E-state index in [9.17, 15) is 9.18 Å². The highest BCUT2D eigenvalue weighted by Crippen LogP contribution is 2.38. The van der Waals surface area contributed by atoms with Gasteiger partial charge in [-0.15, -0.1) is 10.2 Å². The van der Waals surface area contributed by atoms with Crippen molar-refractivity contribution in [2.24, 2.45) is 0 Å². The monoisotopic (exact) mass is 389 g/mol. The van der Waals surface area contributed by atoms with Gasteiger partial charge in [-0.2, -0.15) is 0 Å². The summed E-state index contributed by atoms with van der Waals surface area (Å²) in [4.78, 5) is 12.6. The van der Waals surface area contributed by atoms with Crippen LogP contribution in [0.3, 0.4) is 0 Å². The molecule has 0 bridgehead atoms. The summed E-state index contributed by atoms with van der Waals surface area (Å²) in [5, 5.41) is 11.5. The van der Waals surface area contributed by atoms with Crippen molar-refractivity contribution in [3.63, 3.8) is 0 Å². The van der Waals surface area contributed by atoms with Gasteiger partial charge in [0, 0.05) is 11.1 Å². The summed E-state index contributed by atoms with van der Waals surface area (Å²) in [6.45, 7) is 0. The maximum absolute atomic E-state index is 13.0. The van der Waals surface area contributed by atoms with Crippen molar-refractivity contribution in [1.29, 1.82) is 0 Å². The van der Waals surface area contributed by atoms with E-state index >= 15 is 0 Å². The summed E-state index contributed by atoms with van der Waals surface area (Å²) in [5.74, 6) is 0.388. The molecule has 0 aliphatic carbocycles. The molecule has 1 N–H and O–H groups in total. The number of nitrogens with zero attached hydrogens (tertiary/aromatic N) is 2. The Kier molecular flexibility index (Phi) is 5.51. The number of ether oxygens (including phenoxy) is 3. The highest BCUT2D eigenvalue weighted by Gasteiger charge is 2.18. The molecule has 3 aromatic rings. The molecule has 27 heavy (non-hydrogen) atoms. The van der Waals surface area contributed by atoms with Gasteiger partial charge in [0.15, 0.2) is 11.5 Å². The molecule has 0 saturated carbocycles. The van der Waals surface area contributed by atoms with Crippen molar-refractivity contribution in [2.75, 3.05) is 26.6 Å². The number of carbonyl (C=O) groups excluding carboxylic acids is 1. The molecule has 3 rings (SSSR count). The number of carbonyl (C=O) groups is 1. The number of anilines is 1. The van der Waals surface area contributed by atoms with Crippen LogP contribution in [-0.4, -0.2) is 37.4 Å². The highest BCUT2D eigenvalue weighted by molar-refractivity contribution is 7.18. The number of hydrogen-bond donors (Lipinski definition) is 1. The van der Waals surface area contributed by atoms with Crippen LogP contribution in [0.4, 0.5) is 9.52 Å². The molecule has 0 atom stereocenters. The molecular formula is C18H16FN3O4S. The Bertz CT molecular complexity index is 934. The zero-order chi connectivity index (χ0) is 19.4. The second-order valence-electron chi connectivity index (χ2n) is 5.29. The van der Waals surface area contributed by atoms with Crippen molar-refractivity contribution in [1.82, 2.24) is 10.2 Å². The number of halogens is 1. The lowest BCUT2D eigenvalue weighted by Crippen LogP contribution is -2.12. The Labute approximate surface area is 158 Å². The zero-order valence-corrected chi connectivity index (χ0v) is 15.6. The van der Waals surface area contributed by atoms with Crippen LogP contribution in [-0.2, 0) is 0 Å². The van der Waals surface area contributed by atoms with Gasteiger partial charge < -0.3 is 14.2 Å². The van der Waals surface area contributed by atoms with Crippen LogP contribution in [0.1, 0.15) is 10.4 Å². The van der Waals surface area contributed by atoms with Crippen molar-refractivity contribution >= 4 is 22.4 Å². The smallest absolute Gasteiger partial charge is 0.257 e. The standard InChI is InChI=1S/C18H16FN3O4S/c1-24-13-8-11(9-14(25-2)15(13)26-3)16(23)20-18-22-21-17(27-18)10-4-6-12(19)7-5-10/h4-9H,1-3H3,(H,20,22,23). The topological polar surface area (TPSA) is 82.6 Å². The molecule has 2 aromatic carbocycles. The molecule has 0 saturated heterocycles. The van der Waals surface area contributed by atoms with Gasteiger partial charge in [-0.1, -0.05) is 11.3 Å². The number of amides is 1. The predicted molar refractivity (Wildman–Crippen MR) is 99.4 cm³/mol. The molecule has 0 fully saturated rings. The van der Waals surface area contributed by atoms with E-state index < -0.39 is 5.91 Å². The van der Waals surface area contributed by atoms with E-state index in [0.717, 1.165) is 0 Å². The van der Waals surface area contributed by atoms with Crippen LogP contribution >= 0.6 is 11.3 Å². The Morgan fingerprint density at radius 2 is 1.63 bits per heavy atom. The lowest BCUT2D eigenvalue weighted by Gasteiger charge is -2.13. The number of aromatic nitrogens is 2. The Hall–Kier alpha value is -3.20. The van der Waals surface area contributed by atoms with Crippen LogP contribution in [0.15, 0.2) is 36.4 Å².